The molecule has 16 heteroatoms. The van der Waals surface area contributed by atoms with E-state index in [4.69, 9.17) is 25.8 Å². The first-order valence-corrected chi connectivity index (χ1v) is 16.4. The zero-order valence-corrected chi connectivity index (χ0v) is 30.1. The minimum absolute atomic E-state index is 0.132. The van der Waals surface area contributed by atoms with Crippen molar-refractivity contribution in [3.05, 3.63) is 88.7 Å². The zero-order chi connectivity index (χ0) is 38.8. The van der Waals surface area contributed by atoms with E-state index in [0.29, 0.717) is 16.3 Å². The van der Waals surface area contributed by atoms with Crippen LogP contribution in [0.2, 0.25) is 5.02 Å². The molecule has 0 bridgehead atoms. The summed E-state index contributed by atoms with van der Waals surface area (Å²) in [6, 6.07) is 9.97. The molecule has 3 N–H and O–H groups in total. The van der Waals surface area contributed by atoms with E-state index in [0.717, 1.165) is 0 Å². The number of pyridine rings is 1. The van der Waals surface area contributed by atoms with Gasteiger partial charge in [0.05, 0.1) is 19.3 Å². The van der Waals surface area contributed by atoms with Crippen LogP contribution in [0.1, 0.15) is 62.3 Å². The Bertz CT molecular complexity index is 1730. The summed E-state index contributed by atoms with van der Waals surface area (Å²) >= 11 is 6.15. The molecule has 0 aliphatic carbocycles. The molecule has 0 saturated carbocycles. The molecule has 280 valence electrons. The van der Waals surface area contributed by atoms with Crippen LogP contribution in [0.25, 0.3) is 0 Å². The van der Waals surface area contributed by atoms with Crippen LogP contribution in [0.5, 0.6) is 11.5 Å². The van der Waals surface area contributed by atoms with Crippen molar-refractivity contribution in [3.63, 3.8) is 0 Å². The van der Waals surface area contributed by atoms with Gasteiger partial charge < -0.3 is 30.2 Å². The molecule has 52 heavy (non-hydrogen) atoms. The van der Waals surface area contributed by atoms with E-state index in [2.05, 4.69) is 20.9 Å². The largest absolute Gasteiger partial charge is 0.497 e. The number of Topliss-reactive ketones (excluding diaryl/α,β-unsaturated/α-hetero) is 1. The summed E-state index contributed by atoms with van der Waals surface area (Å²) in [5.41, 5.74) is -0.184. The number of carbonyl (C=O) groups excluding carboxylic acids is 5. The van der Waals surface area contributed by atoms with Crippen LogP contribution >= 0.6 is 11.6 Å². The minimum Gasteiger partial charge on any atom is -0.497 e. The highest BCUT2D eigenvalue weighted by atomic mass is 35.5. The van der Waals surface area contributed by atoms with Crippen molar-refractivity contribution < 1.29 is 51.4 Å². The molecule has 0 saturated heterocycles. The molecule has 1 aromatic heterocycles. The summed E-state index contributed by atoms with van der Waals surface area (Å²) in [5.74, 6) is -5.98. The van der Waals surface area contributed by atoms with E-state index in [-0.39, 0.29) is 23.4 Å². The second-order valence-electron chi connectivity index (χ2n) is 12.9. The van der Waals surface area contributed by atoms with Gasteiger partial charge in [0.15, 0.2) is 6.61 Å². The van der Waals surface area contributed by atoms with Crippen molar-refractivity contribution >= 4 is 41.1 Å². The Morgan fingerprint density at radius 3 is 2.06 bits per heavy atom. The van der Waals surface area contributed by atoms with E-state index < -0.39 is 71.9 Å². The van der Waals surface area contributed by atoms with Gasteiger partial charge in [-0.25, -0.2) is 9.78 Å². The first kappa shape index (κ1) is 41.2. The van der Waals surface area contributed by atoms with Crippen molar-refractivity contribution in [1.82, 2.24) is 20.9 Å². The highest BCUT2D eigenvalue weighted by Gasteiger charge is 2.45. The Morgan fingerprint density at radius 2 is 1.52 bits per heavy atom. The number of ether oxygens (including phenoxy) is 3. The molecule has 0 spiro atoms. The fourth-order valence-corrected chi connectivity index (χ4v) is 4.95. The van der Waals surface area contributed by atoms with Gasteiger partial charge in [0.25, 0.3) is 11.7 Å². The predicted octanol–water partition coefficient (Wildman–Crippen LogP) is 4.93. The molecule has 3 amide bonds. The number of halogens is 4. The highest BCUT2D eigenvalue weighted by Crippen LogP contribution is 2.24. The van der Waals surface area contributed by atoms with Crippen LogP contribution in [0.3, 0.4) is 0 Å². The fraction of sp³-hybridized carbons (Fsp3) is 0.389. The monoisotopic (exact) mass is 748 g/mol. The zero-order valence-electron chi connectivity index (χ0n) is 29.3. The molecule has 0 radical (unpaired) electrons. The molecular formula is C36H40ClF3N4O8. The number of hydrogen-bond acceptors (Lipinski definition) is 9. The maximum atomic E-state index is 13.9. The first-order chi connectivity index (χ1) is 24.3. The molecule has 0 aliphatic heterocycles. The van der Waals surface area contributed by atoms with Crippen LogP contribution in [-0.2, 0) is 30.3 Å². The summed E-state index contributed by atoms with van der Waals surface area (Å²) < 4.78 is 56.0. The number of ketones is 1. The van der Waals surface area contributed by atoms with Crippen molar-refractivity contribution in [2.45, 2.75) is 70.9 Å². The second kappa shape index (κ2) is 17.8. The Kier molecular flexibility index (Phi) is 14.2. The van der Waals surface area contributed by atoms with Crippen molar-refractivity contribution in [3.8, 4) is 11.5 Å². The Labute approximate surface area is 303 Å². The van der Waals surface area contributed by atoms with E-state index in [9.17, 15) is 37.1 Å². The molecule has 3 aromatic rings. The predicted molar refractivity (Wildman–Crippen MR) is 184 cm³/mol. The molecule has 2 aromatic carbocycles. The lowest BCUT2D eigenvalue weighted by Gasteiger charge is -2.27. The van der Waals surface area contributed by atoms with Crippen LogP contribution in [0.4, 0.5) is 13.2 Å². The van der Waals surface area contributed by atoms with Gasteiger partial charge in [-0.3, -0.25) is 19.2 Å². The standard InChI is InChI=1S/C36H40ClF3N4O8/c1-20(2)29(31(46)36(38,39)40)43-34(49)30(22-10-12-24(50-6)13-11-22)44-33(48)27(17-21-8-7-9-23(37)16-21)42-32(47)26-15-14-25(18-41-26)51-19-28(45)52-35(3,4)5/h7-16,18,20,27,29-30H,17,19H2,1-6H3,(H,42,47)(H,43,49)(H,44,48). The topological polar surface area (TPSA) is 162 Å². The summed E-state index contributed by atoms with van der Waals surface area (Å²) in [7, 11) is 1.40. The molecule has 0 aliphatic rings. The Morgan fingerprint density at radius 1 is 0.865 bits per heavy atom. The first-order valence-electron chi connectivity index (χ1n) is 16.0. The van der Waals surface area contributed by atoms with Crippen LogP contribution in [0.15, 0.2) is 66.9 Å². The number of hydrogen-bond donors (Lipinski definition) is 3. The van der Waals surface area contributed by atoms with Gasteiger partial charge in [0, 0.05) is 11.4 Å². The van der Waals surface area contributed by atoms with Gasteiger partial charge in [-0.05, 0) is 74.2 Å². The quantitative estimate of drug-likeness (QED) is 0.183. The maximum Gasteiger partial charge on any atom is 0.452 e. The van der Waals surface area contributed by atoms with Gasteiger partial charge in [0.1, 0.15) is 34.9 Å². The second-order valence-corrected chi connectivity index (χ2v) is 13.4. The molecule has 12 nitrogen and oxygen atoms in total. The third-order valence-corrected chi connectivity index (χ3v) is 7.46. The van der Waals surface area contributed by atoms with Crippen LogP contribution in [0, 0.1) is 5.92 Å². The smallest absolute Gasteiger partial charge is 0.452 e. The van der Waals surface area contributed by atoms with Crippen molar-refractivity contribution in [1.29, 1.82) is 0 Å². The van der Waals surface area contributed by atoms with Crippen LogP contribution in [-0.4, -0.2) is 72.0 Å². The summed E-state index contributed by atoms with van der Waals surface area (Å²) in [6.07, 6.45) is -4.17. The van der Waals surface area contributed by atoms with Gasteiger partial charge in [-0.2, -0.15) is 13.2 Å². The fourth-order valence-electron chi connectivity index (χ4n) is 4.74. The number of nitrogens with one attached hydrogen (secondary N) is 3. The number of methoxy groups -OCH3 is 1. The van der Waals surface area contributed by atoms with Gasteiger partial charge in [-0.1, -0.05) is 49.7 Å². The SMILES string of the molecule is COc1ccc(C(NC(=O)C(Cc2cccc(Cl)c2)NC(=O)c2ccc(OCC(=O)OC(C)(C)C)cn2)C(=O)NC(C(=O)C(F)(F)F)C(C)C)cc1. The number of nitrogens with zero attached hydrogens (tertiary/aromatic N) is 1. The maximum absolute atomic E-state index is 13.9. The number of rotatable bonds is 15. The number of amides is 3. The summed E-state index contributed by atoms with van der Waals surface area (Å²) in [6.45, 7) is 7.38. The van der Waals surface area contributed by atoms with Crippen molar-refractivity contribution in [2.24, 2.45) is 5.92 Å². The average molecular weight is 749 g/mol. The third kappa shape index (κ3) is 12.5. The van der Waals surface area contributed by atoms with E-state index >= 15 is 0 Å². The summed E-state index contributed by atoms with van der Waals surface area (Å²) in [4.78, 5) is 69.2. The van der Waals surface area contributed by atoms with Gasteiger partial charge >= 0.3 is 12.1 Å². The van der Waals surface area contributed by atoms with Crippen molar-refractivity contribution in [2.75, 3.05) is 13.7 Å². The number of benzene rings is 2. The molecule has 3 unspecified atom stereocenters. The lowest BCUT2D eigenvalue weighted by atomic mass is 9.97. The average Bonchev–Trinajstić information content (AvgIpc) is 3.06. The van der Waals surface area contributed by atoms with Crippen LogP contribution < -0.4 is 25.4 Å². The number of esters is 1. The number of alkyl halides is 3. The highest BCUT2D eigenvalue weighted by molar-refractivity contribution is 6.30. The molecule has 3 atom stereocenters. The third-order valence-electron chi connectivity index (χ3n) is 7.22. The van der Waals surface area contributed by atoms with Gasteiger partial charge in [-0.15, -0.1) is 0 Å². The van der Waals surface area contributed by atoms with E-state index in [1.807, 2.05) is 0 Å². The van der Waals surface area contributed by atoms with E-state index in [1.165, 1.54) is 63.6 Å². The minimum atomic E-state index is -5.23. The lowest BCUT2D eigenvalue weighted by Crippen LogP contribution is -2.55. The summed E-state index contributed by atoms with van der Waals surface area (Å²) in [5, 5.41) is 7.59. The Balaban J connectivity index is 1.89. The molecular weight excluding hydrogens is 709 g/mol. The van der Waals surface area contributed by atoms with E-state index in [1.54, 1.807) is 45.0 Å². The normalized spacial score (nSPS) is 13.3. The molecule has 1 heterocycles. The number of carbonyl (C=O) groups is 5. The number of aromatic nitrogens is 1. The molecule has 0 fully saturated rings. The lowest BCUT2D eigenvalue weighted by molar-refractivity contribution is -0.175. The molecule has 3 rings (SSSR count). The Hall–Kier alpha value is -5.18. The van der Waals surface area contributed by atoms with Gasteiger partial charge in [0.2, 0.25) is 11.8 Å².